The number of rotatable bonds is 3. The number of ether oxygens (including phenoxy) is 1. The van der Waals surface area contributed by atoms with Crippen molar-refractivity contribution in [3.63, 3.8) is 0 Å². The second-order valence-electron chi connectivity index (χ2n) is 4.72. The topological polar surface area (TPSA) is 59.4 Å². The number of benzene rings is 1. The van der Waals surface area contributed by atoms with Gasteiger partial charge >= 0.3 is 5.97 Å². The van der Waals surface area contributed by atoms with Crippen molar-refractivity contribution in [2.45, 2.75) is 26.4 Å². The minimum atomic E-state index is -1.25. The zero-order valence-electron chi connectivity index (χ0n) is 10.6. The van der Waals surface area contributed by atoms with Gasteiger partial charge < -0.3 is 9.84 Å². The lowest BCUT2D eigenvalue weighted by Gasteiger charge is -2.21. The molecular formula is C14H15NO3. The number of nitrogens with zero attached hydrogens (tertiary/aromatic N) is 1. The molecule has 0 atom stereocenters. The van der Waals surface area contributed by atoms with E-state index in [9.17, 15) is 4.79 Å². The van der Waals surface area contributed by atoms with Crippen molar-refractivity contribution in [1.29, 1.82) is 0 Å². The lowest BCUT2D eigenvalue weighted by Crippen LogP contribution is -2.37. The molecule has 0 aliphatic carbocycles. The highest BCUT2D eigenvalue weighted by Gasteiger charge is 2.29. The van der Waals surface area contributed by atoms with Crippen molar-refractivity contribution in [3.8, 4) is 5.75 Å². The number of carboxylic acids is 1. The summed E-state index contributed by atoms with van der Waals surface area (Å²) in [6.45, 7) is 5.04. The minimum Gasteiger partial charge on any atom is -0.478 e. The highest BCUT2D eigenvalue weighted by molar-refractivity contribution is 5.83. The summed E-state index contributed by atoms with van der Waals surface area (Å²) in [4.78, 5) is 15.3. The van der Waals surface area contributed by atoms with Gasteiger partial charge in [-0.15, -0.1) is 0 Å². The molecule has 1 aromatic heterocycles. The molecule has 0 bridgehead atoms. The Bertz CT molecular complexity index is 605. The summed E-state index contributed by atoms with van der Waals surface area (Å²) < 4.78 is 5.47. The maximum Gasteiger partial charge on any atom is 0.347 e. The van der Waals surface area contributed by atoms with E-state index in [2.05, 4.69) is 4.98 Å². The van der Waals surface area contributed by atoms with Gasteiger partial charge in [-0.25, -0.2) is 4.79 Å². The Labute approximate surface area is 105 Å². The zero-order valence-corrected chi connectivity index (χ0v) is 10.6. The average Bonchev–Trinajstić information content (AvgIpc) is 2.28. The van der Waals surface area contributed by atoms with Crippen LogP contribution in [-0.4, -0.2) is 21.7 Å². The summed E-state index contributed by atoms with van der Waals surface area (Å²) in [5.74, 6) is -0.493. The van der Waals surface area contributed by atoms with Crippen LogP contribution in [0.4, 0.5) is 0 Å². The summed E-state index contributed by atoms with van der Waals surface area (Å²) in [7, 11) is 0. The number of fused-ring (bicyclic) bond motifs is 1. The number of carboxylic acid groups (broad SMARTS) is 1. The second-order valence-corrected chi connectivity index (χ2v) is 4.72. The third-order valence-corrected chi connectivity index (χ3v) is 2.82. The summed E-state index contributed by atoms with van der Waals surface area (Å²) in [5.41, 5.74) is 0.676. The van der Waals surface area contributed by atoms with Gasteiger partial charge in [0.15, 0.2) is 5.60 Å². The summed E-state index contributed by atoms with van der Waals surface area (Å²) in [5, 5.41) is 10.1. The van der Waals surface area contributed by atoms with Crippen molar-refractivity contribution in [2.24, 2.45) is 0 Å². The molecule has 0 saturated carbocycles. The average molecular weight is 245 g/mol. The molecule has 0 amide bonds. The first-order valence-corrected chi connectivity index (χ1v) is 5.68. The van der Waals surface area contributed by atoms with Crippen molar-refractivity contribution < 1.29 is 14.6 Å². The Morgan fingerprint density at radius 2 is 2.06 bits per heavy atom. The molecule has 18 heavy (non-hydrogen) atoms. The number of aromatic nitrogens is 1. The number of pyridine rings is 1. The lowest BCUT2D eigenvalue weighted by molar-refractivity contribution is -0.152. The number of aliphatic carboxylic acids is 1. The fourth-order valence-corrected chi connectivity index (χ4v) is 1.67. The highest BCUT2D eigenvalue weighted by Crippen LogP contribution is 2.24. The third-order valence-electron chi connectivity index (χ3n) is 2.82. The summed E-state index contributed by atoms with van der Waals surface area (Å²) in [6, 6.07) is 7.35. The fraction of sp³-hybridized carbons (Fsp3) is 0.286. The highest BCUT2D eigenvalue weighted by atomic mass is 16.5. The summed E-state index contributed by atoms with van der Waals surface area (Å²) in [6.07, 6.45) is 1.73. The molecule has 0 saturated heterocycles. The normalized spacial score (nSPS) is 11.5. The van der Waals surface area contributed by atoms with E-state index >= 15 is 0 Å². The largest absolute Gasteiger partial charge is 0.478 e. The van der Waals surface area contributed by atoms with Crippen LogP contribution in [-0.2, 0) is 4.79 Å². The van der Waals surface area contributed by atoms with Crippen LogP contribution in [0.2, 0.25) is 0 Å². The second kappa shape index (κ2) is 4.29. The van der Waals surface area contributed by atoms with Gasteiger partial charge in [-0.05, 0) is 44.5 Å². The van der Waals surface area contributed by atoms with E-state index in [1.165, 1.54) is 13.8 Å². The smallest absolute Gasteiger partial charge is 0.347 e. The number of hydrogen-bond donors (Lipinski definition) is 1. The lowest BCUT2D eigenvalue weighted by atomic mass is 10.1. The first-order valence-electron chi connectivity index (χ1n) is 5.68. The molecule has 2 rings (SSSR count). The van der Waals surface area contributed by atoms with E-state index < -0.39 is 11.6 Å². The Morgan fingerprint density at radius 3 is 2.72 bits per heavy atom. The Hall–Kier alpha value is -2.10. The first kappa shape index (κ1) is 12.4. The number of carbonyl (C=O) groups is 1. The van der Waals surface area contributed by atoms with Crippen molar-refractivity contribution >= 4 is 16.9 Å². The number of aryl methyl sites for hydroxylation is 1. The van der Waals surface area contributed by atoms with Gasteiger partial charge in [0.1, 0.15) is 5.75 Å². The maximum absolute atomic E-state index is 11.0. The van der Waals surface area contributed by atoms with Crippen LogP contribution in [0.25, 0.3) is 10.9 Å². The van der Waals surface area contributed by atoms with Gasteiger partial charge in [0.05, 0.1) is 5.52 Å². The molecule has 0 fully saturated rings. The Morgan fingerprint density at radius 1 is 1.33 bits per heavy atom. The van der Waals surface area contributed by atoms with Crippen LogP contribution >= 0.6 is 0 Å². The zero-order chi connectivity index (χ0) is 13.3. The van der Waals surface area contributed by atoms with E-state index in [0.717, 1.165) is 16.5 Å². The van der Waals surface area contributed by atoms with Crippen LogP contribution in [0.15, 0.2) is 30.5 Å². The standard InChI is InChI=1S/C14H15NO3/c1-9-6-7-15-12-8-10(4-5-11(9)12)18-14(2,3)13(16)17/h4-8H,1-3H3,(H,16,17). The molecular weight excluding hydrogens is 230 g/mol. The molecule has 1 aromatic carbocycles. The van der Waals surface area contributed by atoms with E-state index in [-0.39, 0.29) is 0 Å². The quantitative estimate of drug-likeness (QED) is 0.903. The van der Waals surface area contributed by atoms with Crippen LogP contribution < -0.4 is 4.74 Å². The van der Waals surface area contributed by atoms with Crippen molar-refractivity contribution in [2.75, 3.05) is 0 Å². The van der Waals surface area contributed by atoms with Gasteiger partial charge in [0.2, 0.25) is 0 Å². The van der Waals surface area contributed by atoms with Gasteiger partial charge in [-0.3, -0.25) is 4.98 Å². The van der Waals surface area contributed by atoms with E-state index in [1.807, 2.05) is 19.1 Å². The molecule has 4 nitrogen and oxygen atoms in total. The molecule has 1 heterocycles. The van der Waals surface area contributed by atoms with Crippen LogP contribution in [0.5, 0.6) is 5.75 Å². The van der Waals surface area contributed by atoms with Crippen molar-refractivity contribution in [3.05, 3.63) is 36.0 Å². The first-order chi connectivity index (χ1) is 8.40. The predicted octanol–water partition coefficient (Wildman–Crippen LogP) is 2.79. The molecule has 2 aromatic rings. The van der Waals surface area contributed by atoms with Crippen LogP contribution in [0.1, 0.15) is 19.4 Å². The minimum absolute atomic E-state index is 0.507. The molecule has 0 aliphatic heterocycles. The predicted molar refractivity (Wildman–Crippen MR) is 68.8 cm³/mol. The van der Waals surface area contributed by atoms with E-state index in [1.54, 1.807) is 18.3 Å². The molecule has 4 heteroatoms. The molecule has 0 unspecified atom stereocenters. The van der Waals surface area contributed by atoms with Gasteiger partial charge in [0, 0.05) is 17.6 Å². The van der Waals surface area contributed by atoms with Gasteiger partial charge in [-0.2, -0.15) is 0 Å². The SMILES string of the molecule is Cc1ccnc2cc(OC(C)(C)C(=O)O)ccc12. The molecule has 1 N–H and O–H groups in total. The molecule has 0 radical (unpaired) electrons. The van der Waals surface area contributed by atoms with E-state index in [0.29, 0.717) is 5.75 Å². The van der Waals surface area contributed by atoms with Crippen molar-refractivity contribution in [1.82, 2.24) is 4.98 Å². The Balaban J connectivity index is 2.40. The van der Waals surface area contributed by atoms with Gasteiger partial charge in [-0.1, -0.05) is 0 Å². The van der Waals surface area contributed by atoms with E-state index in [4.69, 9.17) is 9.84 Å². The monoisotopic (exact) mass is 245 g/mol. The fourth-order valence-electron chi connectivity index (χ4n) is 1.67. The number of hydrogen-bond acceptors (Lipinski definition) is 3. The molecule has 0 aliphatic rings. The maximum atomic E-state index is 11.0. The van der Waals surface area contributed by atoms with Crippen LogP contribution in [0.3, 0.4) is 0 Å². The van der Waals surface area contributed by atoms with Gasteiger partial charge in [0.25, 0.3) is 0 Å². The Kier molecular flexibility index (Phi) is 2.95. The molecule has 0 spiro atoms. The van der Waals surface area contributed by atoms with Crippen LogP contribution in [0, 0.1) is 6.92 Å². The summed E-state index contributed by atoms with van der Waals surface area (Å²) >= 11 is 0. The molecule has 94 valence electrons. The third kappa shape index (κ3) is 2.27.